The van der Waals surface area contributed by atoms with E-state index in [2.05, 4.69) is 12.8 Å². The van der Waals surface area contributed by atoms with Crippen molar-refractivity contribution in [3.05, 3.63) is 0 Å². The third kappa shape index (κ3) is 2.83. The Morgan fingerprint density at radius 2 is 1.77 bits per heavy atom. The first-order valence-corrected chi connectivity index (χ1v) is 11.4. The molecule has 4 aliphatic carbocycles. The third-order valence-electron chi connectivity index (χ3n) is 8.55. The van der Waals surface area contributed by atoms with Crippen molar-refractivity contribution >= 4 is 10.4 Å². The topological polar surface area (TPSA) is 83.8 Å². The van der Waals surface area contributed by atoms with E-state index in [9.17, 15) is 13.5 Å². The predicted octanol–water partition coefficient (Wildman–Crippen LogP) is 3.19. The van der Waals surface area contributed by atoms with E-state index >= 15 is 0 Å². The lowest BCUT2D eigenvalue weighted by Crippen LogP contribution is -2.53. The highest BCUT2D eigenvalue weighted by Gasteiger charge is 2.62. The summed E-state index contributed by atoms with van der Waals surface area (Å²) in [6.45, 7) is 2.20. The van der Waals surface area contributed by atoms with Crippen molar-refractivity contribution in [2.24, 2.45) is 35.0 Å². The van der Waals surface area contributed by atoms with Gasteiger partial charge in [-0.05, 0) is 87.4 Å². The van der Waals surface area contributed by atoms with Crippen molar-refractivity contribution < 1.29 is 22.3 Å². The van der Waals surface area contributed by atoms with Gasteiger partial charge in [-0.25, -0.2) is 4.18 Å². The van der Waals surface area contributed by atoms with Crippen LogP contribution in [0, 0.1) is 47.3 Å². The maximum atomic E-state index is 11.0. The lowest BCUT2D eigenvalue weighted by atomic mass is 9.49. The minimum atomic E-state index is -4.37. The maximum absolute atomic E-state index is 11.0. The largest absolute Gasteiger partial charge is 0.397 e. The standard InChI is InChI=1S/C20H30O5S/c1-3-20(21)11-9-18-17-6-4-13-12-14(25-26(22,23)24)5-7-15(13)16(17)8-10-19(18,20)2/h1,13-18,21H,4-12H2,2H3,(H,22,23,24)/t13-,14+,15-,16+,17+,18-,19-,20-/m0/s1. The van der Waals surface area contributed by atoms with Crippen LogP contribution in [0.25, 0.3) is 0 Å². The molecular formula is C20H30O5S. The SMILES string of the molecule is C#C[C@]1(O)CC[C@H]2[C@@H]3CC[C@H]4C[C@H](OS(=O)(=O)O)CC[C@@H]4[C@H]3CC[C@@]21C. The van der Waals surface area contributed by atoms with Crippen LogP contribution < -0.4 is 0 Å². The lowest BCUT2D eigenvalue weighted by Gasteiger charge is -2.56. The van der Waals surface area contributed by atoms with E-state index in [1.54, 1.807) is 0 Å². The fourth-order valence-corrected chi connectivity index (χ4v) is 7.84. The van der Waals surface area contributed by atoms with Crippen LogP contribution in [-0.2, 0) is 14.6 Å². The van der Waals surface area contributed by atoms with E-state index in [-0.39, 0.29) is 11.5 Å². The molecular weight excluding hydrogens is 352 g/mol. The lowest BCUT2D eigenvalue weighted by molar-refractivity contribution is -0.110. The van der Waals surface area contributed by atoms with Crippen molar-refractivity contribution in [3.8, 4) is 12.3 Å². The van der Waals surface area contributed by atoms with Gasteiger partial charge < -0.3 is 5.11 Å². The summed E-state index contributed by atoms with van der Waals surface area (Å²) in [6.07, 6.45) is 13.8. The van der Waals surface area contributed by atoms with E-state index in [0.717, 1.165) is 44.9 Å². The van der Waals surface area contributed by atoms with Gasteiger partial charge in [0.2, 0.25) is 0 Å². The van der Waals surface area contributed by atoms with E-state index in [0.29, 0.717) is 42.4 Å². The van der Waals surface area contributed by atoms with Gasteiger partial charge in [-0.3, -0.25) is 4.55 Å². The molecule has 0 unspecified atom stereocenters. The second-order valence-corrected chi connectivity index (χ2v) is 10.4. The van der Waals surface area contributed by atoms with Gasteiger partial charge in [-0.2, -0.15) is 8.42 Å². The molecule has 2 N–H and O–H groups in total. The first-order valence-electron chi connectivity index (χ1n) is 10.0. The second-order valence-electron chi connectivity index (χ2n) is 9.39. The molecule has 26 heavy (non-hydrogen) atoms. The molecule has 0 aromatic carbocycles. The van der Waals surface area contributed by atoms with Crippen molar-refractivity contribution in [3.63, 3.8) is 0 Å². The predicted molar refractivity (Wildman–Crippen MR) is 97.3 cm³/mol. The molecule has 6 heteroatoms. The number of terminal acetylenes is 1. The Morgan fingerprint density at radius 3 is 2.46 bits per heavy atom. The van der Waals surface area contributed by atoms with Gasteiger partial charge in [0.25, 0.3) is 0 Å². The fraction of sp³-hybridized carbons (Fsp3) is 0.900. The van der Waals surface area contributed by atoms with Gasteiger partial charge in [0.1, 0.15) is 5.60 Å². The van der Waals surface area contributed by atoms with Gasteiger partial charge in [0.05, 0.1) is 6.10 Å². The molecule has 0 aromatic heterocycles. The second kappa shape index (κ2) is 6.20. The maximum Gasteiger partial charge on any atom is 0.397 e. The molecule has 4 saturated carbocycles. The van der Waals surface area contributed by atoms with Crippen molar-refractivity contribution in [1.29, 1.82) is 0 Å². The van der Waals surface area contributed by atoms with E-state index in [4.69, 9.17) is 15.2 Å². The number of fused-ring (bicyclic) bond motifs is 5. The van der Waals surface area contributed by atoms with E-state index in [1.165, 1.54) is 0 Å². The summed E-state index contributed by atoms with van der Waals surface area (Å²) in [5, 5.41) is 11.0. The first-order chi connectivity index (χ1) is 12.2. The summed E-state index contributed by atoms with van der Waals surface area (Å²) in [7, 11) is -4.37. The Bertz CT molecular complexity index is 712. The summed E-state index contributed by atoms with van der Waals surface area (Å²) < 4.78 is 35.9. The normalized spacial score (nSPS) is 51.0. The highest BCUT2D eigenvalue weighted by Crippen LogP contribution is 2.65. The van der Waals surface area contributed by atoms with Crippen LogP contribution in [0.4, 0.5) is 0 Å². The summed E-state index contributed by atoms with van der Waals surface area (Å²) >= 11 is 0. The molecule has 4 rings (SSSR count). The molecule has 0 spiro atoms. The molecule has 5 nitrogen and oxygen atoms in total. The summed E-state index contributed by atoms with van der Waals surface area (Å²) in [5.41, 5.74) is -1.12. The minimum absolute atomic E-state index is 0.166. The quantitative estimate of drug-likeness (QED) is 0.566. The number of hydrogen-bond acceptors (Lipinski definition) is 4. The average Bonchev–Trinajstić information content (AvgIpc) is 2.85. The Hall–Kier alpha value is -0.610. The number of hydrogen-bond donors (Lipinski definition) is 2. The Kier molecular flexibility index (Phi) is 4.47. The molecule has 0 aromatic rings. The van der Waals surface area contributed by atoms with Gasteiger partial charge >= 0.3 is 10.4 Å². The van der Waals surface area contributed by atoms with Crippen molar-refractivity contribution in [2.75, 3.05) is 0 Å². The van der Waals surface area contributed by atoms with Gasteiger partial charge in [-0.1, -0.05) is 12.8 Å². The third-order valence-corrected chi connectivity index (χ3v) is 9.07. The zero-order valence-electron chi connectivity index (χ0n) is 15.4. The molecule has 4 fully saturated rings. The van der Waals surface area contributed by atoms with E-state index in [1.807, 2.05) is 0 Å². The number of rotatable bonds is 2. The number of aliphatic hydroxyl groups is 1. The molecule has 0 radical (unpaired) electrons. The van der Waals surface area contributed by atoms with Crippen LogP contribution in [0.5, 0.6) is 0 Å². The summed E-state index contributed by atoms with van der Waals surface area (Å²) in [5.74, 6) is 5.58. The Morgan fingerprint density at radius 1 is 1.04 bits per heavy atom. The first kappa shape index (κ1) is 18.7. The molecule has 4 aliphatic rings. The Labute approximate surface area is 156 Å². The zero-order valence-corrected chi connectivity index (χ0v) is 16.2. The fourth-order valence-electron chi connectivity index (χ4n) is 7.32. The highest BCUT2D eigenvalue weighted by molar-refractivity contribution is 7.80. The van der Waals surface area contributed by atoms with Crippen molar-refractivity contribution in [2.45, 2.75) is 76.4 Å². The minimum Gasteiger partial charge on any atom is -0.377 e. The molecule has 0 aliphatic heterocycles. The smallest absolute Gasteiger partial charge is 0.377 e. The molecule has 0 bridgehead atoms. The van der Waals surface area contributed by atoms with Crippen LogP contribution in [0.3, 0.4) is 0 Å². The molecule has 0 amide bonds. The Balaban J connectivity index is 1.50. The van der Waals surface area contributed by atoms with Crippen LogP contribution >= 0.6 is 0 Å². The van der Waals surface area contributed by atoms with Crippen LogP contribution in [-0.4, -0.2) is 29.8 Å². The molecule has 8 atom stereocenters. The average molecular weight is 383 g/mol. The molecule has 0 heterocycles. The molecule has 146 valence electrons. The zero-order chi connectivity index (χ0) is 18.7. The van der Waals surface area contributed by atoms with Crippen molar-refractivity contribution in [1.82, 2.24) is 0 Å². The van der Waals surface area contributed by atoms with Gasteiger partial charge in [0.15, 0.2) is 0 Å². The van der Waals surface area contributed by atoms with E-state index < -0.39 is 16.0 Å². The summed E-state index contributed by atoms with van der Waals surface area (Å²) in [4.78, 5) is 0. The van der Waals surface area contributed by atoms with Gasteiger partial charge in [0, 0.05) is 5.41 Å². The monoisotopic (exact) mass is 382 g/mol. The molecule has 0 saturated heterocycles. The highest BCUT2D eigenvalue weighted by atomic mass is 32.3. The summed E-state index contributed by atoms with van der Waals surface area (Å²) in [6, 6.07) is 0. The van der Waals surface area contributed by atoms with Crippen LogP contribution in [0.1, 0.15) is 64.7 Å². The van der Waals surface area contributed by atoms with Crippen LogP contribution in [0.2, 0.25) is 0 Å². The van der Waals surface area contributed by atoms with Crippen LogP contribution in [0.15, 0.2) is 0 Å². The van der Waals surface area contributed by atoms with Gasteiger partial charge in [-0.15, -0.1) is 6.42 Å².